The largest absolute Gasteiger partial charge is 0.382 e. The van der Waals surface area contributed by atoms with Crippen molar-refractivity contribution >= 4 is 52.1 Å². The van der Waals surface area contributed by atoms with E-state index in [1.54, 1.807) is 6.33 Å². The number of fused-ring (bicyclic) bond motifs is 2. The van der Waals surface area contributed by atoms with Crippen LogP contribution < -0.4 is 21.2 Å². The molecule has 4 aromatic rings. The summed E-state index contributed by atoms with van der Waals surface area (Å²) in [6, 6.07) is 13.3. The fourth-order valence-corrected chi connectivity index (χ4v) is 3.89. The molecule has 0 radical (unpaired) electrons. The number of nitrogens with two attached hydrogens (primary N) is 1. The first kappa shape index (κ1) is 17.9. The molecular formula is C20H15Cl2N7. The van der Waals surface area contributed by atoms with Crippen LogP contribution in [0.1, 0.15) is 0 Å². The van der Waals surface area contributed by atoms with Crippen molar-refractivity contribution in [3.63, 3.8) is 0 Å². The SMILES string of the molecule is Nc1ncnc2c1ncn2CC1N=c2cccc(Cl)c2=CN1c1ccccc1Cl. The Morgan fingerprint density at radius 2 is 1.79 bits per heavy atom. The lowest BCUT2D eigenvalue weighted by Gasteiger charge is -2.31. The van der Waals surface area contributed by atoms with Gasteiger partial charge in [0.15, 0.2) is 11.5 Å². The summed E-state index contributed by atoms with van der Waals surface area (Å²) in [6.45, 7) is 0.487. The van der Waals surface area contributed by atoms with Crippen molar-refractivity contribution in [1.82, 2.24) is 19.5 Å². The van der Waals surface area contributed by atoms with Gasteiger partial charge in [0.25, 0.3) is 0 Å². The Hall–Kier alpha value is -3.16. The number of aromatic nitrogens is 4. The standard InChI is InChI=1S/C20H15Cl2N7/c21-13-5-3-6-15-12(13)8-29(16-7-2-1-4-14(16)22)17(27-15)9-28-11-26-18-19(23)24-10-25-20(18)28/h1-8,10-11,17H,9H2,(H2,23,24,25). The summed E-state index contributed by atoms with van der Waals surface area (Å²) in [5, 5.41) is 2.94. The molecular weight excluding hydrogens is 409 g/mol. The van der Waals surface area contributed by atoms with Crippen molar-refractivity contribution in [1.29, 1.82) is 0 Å². The van der Waals surface area contributed by atoms with E-state index in [0.717, 1.165) is 16.3 Å². The van der Waals surface area contributed by atoms with Gasteiger partial charge >= 0.3 is 0 Å². The zero-order chi connectivity index (χ0) is 20.0. The van der Waals surface area contributed by atoms with Crippen molar-refractivity contribution in [3.05, 3.63) is 75.7 Å². The van der Waals surface area contributed by atoms with E-state index in [0.29, 0.717) is 33.6 Å². The van der Waals surface area contributed by atoms with Gasteiger partial charge in [-0.15, -0.1) is 0 Å². The van der Waals surface area contributed by atoms with E-state index in [1.165, 1.54) is 6.33 Å². The molecule has 3 heterocycles. The first-order chi connectivity index (χ1) is 14.1. The summed E-state index contributed by atoms with van der Waals surface area (Å²) in [5.41, 5.74) is 7.99. The maximum Gasteiger partial charge on any atom is 0.165 e. The topological polar surface area (TPSA) is 85.2 Å². The summed E-state index contributed by atoms with van der Waals surface area (Å²) in [6.07, 6.45) is 4.83. The maximum atomic E-state index is 6.49. The molecule has 2 aromatic heterocycles. The number of para-hydroxylation sites is 1. The molecule has 0 fully saturated rings. The number of halogens is 2. The van der Waals surface area contributed by atoms with Crippen LogP contribution in [-0.2, 0) is 6.54 Å². The van der Waals surface area contributed by atoms with E-state index < -0.39 is 0 Å². The van der Waals surface area contributed by atoms with Gasteiger partial charge in [0, 0.05) is 11.4 Å². The molecule has 1 aliphatic heterocycles. The van der Waals surface area contributed by atoms with Gasteiger partial charge in [-0.25, -0.2) is 15.0 Å². The minimum Gasteiger partial charge on any atom is -0.382 e. The normalized spacial score (nSPS) is 15.7. The number of imidazole rings is 1. The number of anilines is 2. The first-order valence-electron chi connectivity index (χ1n) is 8.90. The van der Waals surface area contributed by atoms with Gasteiger partial charge in [0.1, 0.15) is 18.0 Å². The van der Waals surface area contributed by atoms with Gasteiger partial charge in [-0.3, -0.25) is 4.99 Å². The van der Waals surface area contributed by atoms with Crippen LogP contribution in [0, 0.1) is 0 Å². The Morgan fingerprint density at radius 1 is 0.966 bits per heavy atom. The molecule has 0 bridgehead atoms. The third-order valence-electron chi connectivity index (χ3n) is 4.83. The molecule has 29 heavy (non-hydrogen) atoms. The summed E-state index contributed by atoms with van der Waals surface area (Å²) < 4.78 is 1.91. The van der Waals surface area contributed by atoms with Crippen LogP contribution >= 0.6 is 23.2 Å². The van der Waals surface area contributed by atoms with Crippen molar-refractivity contribution in [2.45, 2.75) is 12.7 Å². The minimum atomic E-state index is -0.283. The predicted octanol–water partition coefficient (Wildman–Crippen LogP) is 2.62. The summed E-state index contributed by atoms with van der Waals surface area (Å²) in [7, 11) is 0. The third kappa shape index (κ3) is 3.08. The Kier molecular flexibility index (Phi) is 4.34. The average Bonchev–Trinajstić information content (AvgIpc) is 3.13. The van der Waals surface area contributed by atoms with E-state index >= 15 is 0 Å². The zero-order valence-corrected chi connectivity index (χ0v) is 16.6. The molecule has 0 spiro atoms. The predicted molar refractivity (Wildman–Crippen MR) is 114 cm³/mol. The van der Waals surface area contributed by atoms with E-state index in [9.17, 15) is 0 Å². The highest BCUT2D eigenvalue weighted by atomic mass is 35.5. The Morgan fingerprint density at radius 3 is 2.66 bits per heavy atom. The highest BCUT2D eigenvalue weighted by Gasteiger charge is 2.23. The summed E-state index contributed by atoms with van der Waals surface area (Å²) in [4.78, 5) is 19.6. The smallest absolute Gasteiger partial charge is 0.165 e. The highest BCUT2D eigenvalue weighted by molar-refractivity contribution is 6.33. The van der Waals surface area contributed by atoms with Crippen LogP contribution in [0.15, 0.2) is 60.1 Å². The van der Waals surface area contributed by atoms with Crippen LogP contribution in [-0.4, -0.2) is 25.7 Å². The lowest BCUT2D eigenvalue weighted by Crippen LogP contribution is -2.44. The fourth-order valence-electron chi connectivity index (χ4n) is 3.44. The van der Waals surface area contributed by atoms with Gasteiger partial charge in [-0.2, -0.15) is 0 Å². The molecule has 2 N–H and O–H groups in total. The van der Waals surface area contributed by atoms with Crippen LogP contribution in [0.2, 0.25) is 10.0 Å². The van der Waals surface area contributed by atoms with E-state index in [2.05, 4.69) is 15.0 Å². The number of benzene rings is 2. The molecule has 0 amide bonds. The molecule has 7 nitrogen and oxygen atoms in total. The van der Waals surface area contributed by atoms with E-state index in [4.69, 9.17) is 33.9 Å². The Bertz CT molecular complexity index is 1350. The molecule has 9 heteroatoms. The van der Waals surface area contributed by atoms with Gasteiger partial charge < -0.3 is 15.2 Å². The zero-order valence-electron chi connectivity index (χ0n) is 15.1. The second-order valence-electron chi connectivity index (χ2n) is 6.60. The van der Waals surface area contributed by atoms with Gasteiger partial charge in [0.2, 0.25) is 0 Å². The first-order valence-corrected chi connectivity index (χ1v) is 9.66. The van der Waals surface area contributed by atoms with Crippen molar-refractivity contribution in [2.24, 2.45) is 4.99 Å². The number of hydrogen-bond acceptors (Lipinski definition) is 6. The lowest BCUT2D eigenvalue weighted by atomic mass is 10.2. The molecule has 5 rings (SSSR count). The third-order valence-corrected chi connectivity index (χ3v) is 5.48. The molecule has 144 valence electrons. The summed E-state index contributed by atoms with van der Waals surface area (Å²) in [5.74, 6) is 0.348. The number of rotatable bonds is 3. The highest BCUT2D eigenvalue weighted by Crippen LogP contribution is 2.29. The molecule has 2 aromatic carbocycles. The maximum absolute atomic E-state index is 6.49. The van der Waals surface area contributed by atoms with Crippen molar-refractivity contribution in [3.8, 4) is 0 Å². The molecule has 0 aliphatic carbocycles. The molecule has 1 atom stereocenters. The van der Waals surface area contributed by atoms with Gasteiger partial charge in [0.05, 0.1) is 34.0 Å². The van der Waals surface area contributed by atoms with Crippen LogP contribution in [0.5, 0.6) is 0 Å². The molecule has 1 aliphatic rings. The van der Waals surface area contributed by atoms with Gasteiger partial charge in [-0.1, -0.05) is 41.4 Å². The van der Waals surface area contributed by atoms with Crippen molar-refractivity contribution < 1.29 is 0 Å². The molecule has 0 saturated heterocycles. The Balaban J connectivity index is 1.66. The number of nitrogens with zero attached hydrogens (tertiary/aromatic N) is 6. The van der Waals surface area contributed by atoms with Crippen LogP contribution in [0.4, 0.5) is 11.5 Å². The number of hydrogen-bond donors (Lipinski definition) is 1. The van der Waals surface area contributed by atoms with E-state index in [-0.39, 0.29) is 6.17 Å². The molecule has 1 unspecified atom stereocenters. The molecule has 0 saturated carbocycles. The van der Waals surface area contributed by atoms with Crippen LogP contribution in [0.3, 0.4) is 0 Å². The van der Waals surface area contributed by atoms with Gasteiger partial charge in [-0.05, 0) is 24.3 Å². The van der Waals surface area contributed by atoms with Crippen LogP contribution in [0.25, 0.3) is 17.4 Å². The minimum absolute atomic E-state index is 0.283. The van der Waals surface area contributed by atoms with Crippen molar-refractivity contribution in [2.75, 3.05) is 10.6 Å². The quantitative estimate of drug-likeness (QED) is 0.547. The second kappa shape index (κ2) is 7.02. The van der Waals surface area contributed by atoms with E-state index in [1.807, 2.05) is 58.1 Å². The Labute approximate surface area is 175 Å². The lowest BCUT2D eigenvalue weighted by molar-refractivity contribution is 0.557. The fraction of sp³-hybridized carbons (Fsp3) is 0.100. The average molecular weight is 424 g/mol. The summed E-state index contributed by atoms with van der Waals surface area (Å²) >= 11 is 12.9. The monoisotopic (exact) mass is 423 g/mol. The second-order valence-corrected chi connectivity index (χ2v) is 7.41. The number of nitrogen functional groups attached to an aromatic ring is 1.